The number of thiazole rings is 4. The molecule has 0 atom stereocenters. The van der Waals surface area contributed by atoms with Crippen LogP contribution in [-0.4, -0.2) is 34.2 Å². The second-order valence-corrected chi connectivity index (χ2v) is 22.6. The molecular weight excluding hydrogens is 889 g/mol. The number of methoxy groups -OCH3 is 2. The highest BCUT2D eigenvalue weighted by molar-refractivity contribution is 7.34. The first-order chi connectivity index (χ1) is 27.6. The van der Waals surface area contributed by atoms with Crippen LogP contribution in [0.4, 0.5) is 0 Å². The fraction of sp³-hybridized carbons (Fsp3) is 0.0500. The maximum absolute atomic E-state index is 6.21. The Labute approximate surface area is 357 Å². The third kappa shape index (κ3) is 5.50. The zero-order valence-electron chi connectivity index (χ0n) is 28.8. The van der Waals surface area contributed by atoms with E-state index in [-0.39, 0.29) is 0 Å². The van der Waals surface area contributed by atoms with Crippen molar-refractivity contribution in [1.82, 2.24) is 19.9 Å². The van der Waals surface area contributed by atoms with Gasteiger partial charge in [0.1, 0.15) is 31.5 Å². The summed E-state index contributed by atoms with van der Waals surface area (Å²) in [6.07, 6.45) is 0. The molecule has 0 amide bonds. The standard InChI is InChI=1S/C40H20N4O2S10/c1-45-29-19-13-18-16-28(22-8-10-26(50-22)36-44-40-38(56-36)42-34(54-40)24-6-4-12-48-24)52-32(18)30(46-2)20(19)14-17-15-27(51-31(17)29)21-7-9-25(49-21)35-43-39-37(55-35)41-33(53-39)23-5-3-11-47-23/h3-16H,1-2H3. The molecule has 12 aromatic rings. The van der Waals surface area contributed by atoms with Gasteiger partial charge in [-0.25, -0.2) is 19.9 Å². The van der Waals surface area contributed by atoms with Gasteiger partial charge in [-0.2, -0.15) is 0 Å². The van der Waals surface area contributed by atoms with Gasteiger partial charge in [-0.15, -0.1) is 68.0 Å². The second kappa shape index (κ2) is 13.3. The van der Waals surface area contributed by atoms with Gasteiger partial charge in [0, 0.05) is 30.3 Å². The Morgan fingerprint density at radius 2 is 0.786 bits per heavy atom. The monoisotopic (exact) mass is 908 g/mol. The van der Waals surface area contributed by atoms with Crippen LogP contribution in [0.3, 0.4) is 0 Å². The van der Waals surface area contributed by atoms with Gasteiger partial charge in [0.2, 0.25) is 0 Å². The Hall–Kier alpha value is -3.94. The van der Waals surface area contributed by atoms with E-state index in [1.54, 1.807) is 128 Å². The van der Waals surface area contributed by atoms with E-state index in [1.165, 1.54) is 29.3 Å². The van der Waals surface area contributed by atoms with Gasteiger partial charge < -0.3 is 9.47 Å². The summed E-state index contributed by atoms with van der Waals surface area (Å²) >= 11 is 17.2. The van der Waals surface area contributed by atoms with E-state index in [9.17, 15) is 0 Å². The predicted octanol–water partition coefficient (Wildman–Crippen LogP) is 15.7. The van der Waals surface area contributed by atoms with Crippen LogP contribution in [0.15, 0.2) is 83.6 Å². The summed E-state index contributed by atoms with van der Waals surface area (Å²) in [6.45, 7) is 0. The quantitative estimate of drug-likeness (QED) is 0.151. The number of thiophene rings is 6. The highest BCUT2D eigenvalue weighted by atomic mass is 32.1. The number of benzene rings is 2. The van der Waals surface area contributed by atoms with Crippen molar-refractivity contribution in [3.8, 4) is 70.5 Å². The summed E-state index contributed by atoms with van der Waals surface area (Å²) in [7, 11) is 3.54. The van der Waals surface area contributed by atoms with Gasteiger partial charge in [0.15, 0.2) is 19.3 Å². The van der Waals surface area contributed by atoms with Gasteiger partial charge in [0.05, 0.1) is 43.1 Å². The Kier molecular flexibility index (Phi) is 8.11. The van der Waals surface area contributed by atoms with Gasteiger partial charge in [-0.05, 0) is 82.2 Å². The van der Waals surface area contributed by atoms with E-state index in [2.05, 4.69) is 83.6 Å². The summed E-state index contributed by atoms with van der Waals surface area (Å²) in [5, 5.41) is 12.7. The highest BCUT2D eigenvalue weighted by Crippen LogP contribution is 2.52. The van der Waals surface area contributed by atoms with E-state index < -0.39 is 0 Å². The molecule has 0 saturated carbocycles. The van der Waals surface area contributed by atoms with Crippen molar-refractivity contribution in [2.24, 2.45) is 0 Å². The SMILES string of the molecule is COc1c2cc3cc(-c4ccc(-c5nc6sc(-c7cccs7)nc6s5)s4)sc3c(OC)c2cc2cc(-c3ccc(-c4nc5sc(-c6cccs6)nc5s4)s3)sc12. The first-order valence-electron chi connectivity index (χ1n) is 17.0. The lowest BCUT2D eigenvalue weighted by Gasteiger charge is -2.11. The minimum absolute atomic E-state index is 0.879. The van der Waals surface area contributed by atoms with Crippen LogP contribution in [-0.2, 0) is 0 Å². The average molecular weight is 909 g/mol. The van der Waals surface area contributed by atoms with Gasteiger partial charge in [0.25, 0.3) is 0 Å². The number of hydrogen-bond donors (Lipinski definition) is 0. The summed E-state index contributed by atoms with van der Waals surface area (Å²) in [5.41, 5.74) is 0. The van der Waals surface area contributed by atoms with Gasteiger partial charge in [-0.3, -0.25) is 0 Å². The number of hydrogen-bond acceptors (Lipinski definition) is 16. The molecule has 0 N–H and O–H groups in total. The number of nitrogens with zero attached hydrogens (tertiary/aromatic N) is 4. The van der Waals surface area contributed by atoms with Crippen molar-refractivity contribution in [3.63, 3.8) is 0 Å². The minimum Gasteiger partial charge on any atom is -0.495 e. The van der Waals surface area contributed by atoms with Crippen LogP contribution >= 0.6 is 113 Å². The van der Waals surface area contributed by atoms with E-state index >= 15 is 0 Å². The van der Waals surface area contributed by atoms with Crippen LogP contribution in [0.25, 0.3) is 109 Å². The van der Waals surface area contributed by atoms with Crippen LogP contribution in [0.2, 0.25) is 0 Å². The maximum atomic E-state index is 6.21. The largest absolute Gasteiger partial charge is 0.495 e. The van der Waals surface area contributed by atoms with E-state index in [0.717, 1.165) is 91.6 Å². The van der Waals surface area contributed by atoms with Crippen molar-refractivity contribution in [2.45, 2.75) is 0 Å². The smallest absolute Gasteiger partial charge is 0.155 e. The lowest BCUT2D eigenvalue weighted by atomic mass is 10.0. The van der Waals surface area contributed by atoms with Gasteiger partial charge >= 0.3 is 0 Å². The molecule has 0 bridgehead atoms. The fourth-order valence-electron chi connectivity index (χ4n) is 6.79. The Balaban J connectivity index is 0.877. The summed E-state index contributed by atoms with van der Waals surface area (Å²) in [6, 6.07) is 26.2. The van der Waals surface area contributed by atoms with E-state index in [0.29, 0.717) is 0 Å². The van der Waals surface area contributed by atoms with Crippen molar-refractivity contribution in [2.75, 3.05) is 14.2 Å². The molecule has 6 nitrogen and oxygen atoms in total. The van der Waals surface area contributed by atoms with Crippen molar-refractivity contribution in [1.29, 1.82) is 0 Å². The van der Waals surface area contributed by atoms with E-state index in [1.807, 2.05) is 0 Å². The summed E-state index contributed by atoms with van der Waals surface area (Å²) < 4.78 is 14.7. The topological polar surface area (TPSA) is 70.0 Å². The molecule has 10 heterocycles. The van der Waals surface area contributed by atoms with Gasteiger partial charge in [-0.1, -0.05) is 57.5 Å². The summed E-state index contributed by atoms with van der Waals surface area (Å²) in [5.74, 6) is 1.76. The van der Waals surface area contributed by atoms with Crippen LogP contribution < -0.4 is 9.47 Å². The zero-order chi connectivity index (χ0) is 37.1. The molecule has 12 rings (SSSR count). The first-order valence-corrected chi connectivity index (χ1v) is 25.2. The molecule has 272 valence electrons. The predicted molar refractivity (Wildman–Crippen MR) is 250 cm³/mol. The molecule has 16 heteroatoms. The van der Waals surface area contributed by atoms with Crippen molar-refractivity contribution in [3.05, 3.63) is 83.6 Å². The molecule has 0 aliphatic rings. The maximum Gasteiger partial charge on any atom is 0.155 e. The molecule has 0 fully saturated rings. The molecule has 0 unspecified atom stereocenters. The lowest BCUT2D eigenvalue weighted by Crippen LogP contribution is -1.89. The fourth-order valence-corrected chi connectivity index (χ4v) is 17.1. The Morgan fingerprint density at radius 3 is 1.16 bits per heavy atom. The van der Waals surface area contributed by atoms with Crippen molar-refractivity contribution >= 4 is 164 Å². The molecule has 10 aromatic heterocycles. The molecule has 0 aliphatic carbocycles. The van der Waals surface area contributed by atoms with E-state index in [4.69, 9.17) is 29.4 Å². The number of aromatic nitrogens is 4. The Bertz CT molecular complexity index is 3130. The highest BCUT2D eigenvalue weighted by Gasteiger charge is 2.22. The molecule has 0 radical (unpaired) electrons. The lowest BCUT2D eigenvalue weighted by molar-refractivity contribution is 0.421. The molecule has 56 heavy (non-hydrogen) atoms. The summed E-state index contributed by atoms with van der Waals surface area (Å²) in [4.78, 5) is 33.3. The molecule has 0 spiro atoms. The molecular formula is C40H20N4O2S10. The molecule has 0 aliphatic heterocycles. The minimum atomic E-state index is 0.879. The number of fused-ring (bicyclic) bond motifs is 5. The first kappa shape index (κ1) is 34.1. The molecule has 0 saturated heterocycles. The second-order valence-electron chi connectivity index (χ2n) is 12.6. The number of ether oxygens (including phenoxy) is 2. The van der Waals surface area contributed by atoms with Crippen LogP contribution in [0, 0.1) is 0 Å². The van der Waals surface area contributed by atoms with Crippen LogP contribution in [0.1, 0.15) is 0 Å². The Morgan fingerprint density at radius 1 is 0.393 bits per heavy atom. The average Bonchev–Trinajstić information content (AvgIpc) is 4.02. The molecule has 2 aromatic carbocycles. The van der Waals surface area contributed by atoms with Crippen molar-refractivity contribution < 1.29 is 9.47 Å². The normalized spacial score (nSPS) is 12.1. The third-order valence-electron chi connectivity index (χ3n) is 9.26. The zero-order valence-corrected chi connectivity index (χ0v) is 36.9. The number of rotatable bonds is 8. The van der Waals surface area contributed by atoms with Crippen LogP contribution in [0.5, 0.6) is 11.5 Å². The third-order valence-corrected chi connectivity index (χ3v) is 20.6.